The van der Waals surface area contributed by atoms with Crippen molar-refractivity contribution < 1.29 is 4.74 Å². The minimum absolute atomic E-state index is 0.0261. The molecule has 0 aromatic heterocycles. The molecule has 0 saturated heterocycles. The average molecular weight is 320 g/mol. The summed E-state index contributed by atoms with van der Waals surface area (Å²) in [6, 6.07) is 4.10. The highest BCUT2D eigenvalue weighted by atomic mass is 79.9. The third-order valence-electron chi connectivity index (χ3n) is 3.32. The topological polar surface area (TPSA) is 9.23 Å². The zero-order valence-electron chi connectivity index (χ0n) is 11.1. The van der Waals surface area contributed by atoms with Crippen molar-refractivity contribution in [2.75, 3.05) is 7.11 Å². The number of halogens is 2. The molecule has 1 nitrogen and oxygen atoms in total. The van der Waals surface area contributed by atoms with E-state index in [4.69, 9.17) is 16.3 Å². The minimum Gasteiger partial charge on any atom is -0.496 e. The van der Waals surface area contributed by atoms with Crippen LogP contribution in [0.2, 0.25) is 0 Å². The molecule has 1 aromatic rings. The van der Waals surface area contributed by atoms with Gasteiger partial charge in [0.05, 0.1) is 12.5 Å². The second-order valence-corrected chi connectivity index (χ2v) is 6.17. The number of alkyl halides is 1. The van der Waals surface area contributed by atoms with Gasteiger partial charge < -0.3 is 4.74 Å². The van der Waals surface area contributed by atoms with E-state index in [1.807, 2.05) is 13.0 Å². The van der Waals surface area contributed by atoms with Gasteiger partial charge in [-0.1, -0.05) is 36.7 Å². The standard InChI is InChI=1S/C14H20BrClO/c1-8(2)10(4)14(16)11-7-12(15)9(3)6-13(11)17-5/h6-8,10,14H,1-5H3. The predicted octanol–water partition coefficient (Wildman–Crippen LogP) is 5.34. The third-order valence-corrected chi connectivity index (χ3v) is 4.81. The summed E-state index contributed by atoms with van der Waals surface area (Å²) >= 11 is 10.1. The van der Waals surface area contributed by atoms with E-state index in [0.29, 0.717) is 11.8 Å². The summed E-state index contributed by atoms with van der Waals surface area (Å²) < 4.78 is 6.51. The number of methoxy groups -OCH3 is 1. The van der Waals surface area contributed by atoms with Crippen LogP contribution in [0.3, 0.4) is 0 Å². The molecule has 17 heavy (non-hydrogen) atoms. The molecule has 1 rings (SSSR count). The molecule has 0 N–H and O–H groups in total. The number of hydrogen-bond donors (Lipinski definition) is 0. The van der Waals surface area contributed by atoms with Crippen LogP contribution < -0.4 is 4.74 Å². The molecule has 96 valence electrons. The maximum atomic E-state index is 6.56. The van der Waals surface area contributed by atoms with E-state index >= 15 is 0 Å². The maximum Gasteiger partial charge on any atom is 0.123 e. The molecule has 0 spiro atoms. The van der Waals surface area contributed by atoms with Crippen molar-refractivity contribution in [1.82, 2.24) is 0 Å². The highest BCUT2D eigenvalue weighted by Crippen LogP contribution is 2.40. The van der Waals surface area contributed by atoms with Crippen molar-refractivity contribution in [2.24, 2.45) is 11.8 Å². The summed E-state index contributed by atoms with van der Waals surface area (Å²) in [6.45, 7) is 8.60. The fourth-order valence-electron chi connectivity index (χ4n) is 1.68. The van der Waals surface area contributed by atoms with Crippen LogP contribution in [-0.2, 0) is 0 Å². The Bertz CT molecular complexity index is 390. The molecule has 0 heterocycles. The van der Waals surface area contributed by atoms with E-state index in [-0.39, 0.29) is 5.38 Å². The van der Waals surface area contributed by atoms with Gasteiger partial charge >= 0.3 is 0 Å². The van der Waals surface area contributed by atoms with E-state index in [1.54, 1.807) is 7.11 Å². The summed E-state index contributed by atoms with van der Waals surface area (Å²) in [5, 5.41) is -0.0261. The van der Waals surface area contributed by atoms with Gasteiger partial charge in [0.25, 0.3) is 0 Å². The average Bonchev–Trinajstić information content (AvgIpc) is 2.29. The Balaban J connectivity index is 3.16. The van der Waals surface area contributed by atoms with E-state index < -0.39 is 0 Å². The number of aryl methyl sites for hydroxylation is 1. The second kappa shape index (κ2) is 6.10. The lowest BCUT2D eigenvalue weighted by Crippen LogP contribution is -2.12. The molecule has 1 aromatic carbocycles. The number of rotatable bonds is 4. The summed E-state index contributed by atoms with van der Waals surface area (Å²) in [5.74, 6) is 1.82. The highest BCUT2D eigenvalue weighted by molar-refractivity contribution is 9.10. The number of ether oxygens (including phenoxy) is 1. The Hall–Kier alpha value is -0.210. The van der Waals surface area contributed by atoms with Gasteiger partial charge in [0.15, 0.2) is 0 Å². The Kier molecular flexibility index (Phi) is 5.33. The molecule has 0 bridgehead atoms. The molecule has 0 saturated carbocycles. The fraction of sp³-hybridized carbons (Fsp3) is 0.571. The predicted molar refractivity (Wildman–Crippen MR) is 78.0 cm³/mol. The maximum absolute atomic E-state index is 6.56. The van der Waals surface area contributed by atoms with Crippen molar-refractivity contribution >= 4 is 27.5 Å². The molecule has 0 radical (unpaired) electrons. The molecule has 2 atom stereocenters. The van der Waals surface area contributed by atoms with Crippen molar-refractivity contribution in [3.8, 4) is 5.75 Å². The minimum atomic E-state index is -0.0261. The number of benzene rings is 1. The molecule has 0 amide bonds. The first-order chi connectivity index (χ1) is 7.88. The first kappa shape index (κ1) is 14.8. The van der Waals surface area contributed by atoms with E-state index in [0.717, 1.165) is 21.3 Å². The van der Waals surface area contributed by atoms with Crippen LogP contribution >= 0.6 is 27.5 Å². The first-order valence-corrected chi connectivity index (χ1v) is 7.09. The van der Waals surface area contributed by atoms with Crippen molar-refractivity contribution in [3.63, 3.8) is 0 Å². The van der Waals surface area contributed by atoms with Crippen molar-refractivity contribution in [2.45, 2.75) is 33.1 Å². The fourth-order valence-corrected chi connectivity index (χ4v) is 2.51. The van der Waals surface area contributed by atoms with Gasteiger partial charge in [-0.05, 0) is 36.5 Å². The quantitative estimate of drug-likeness (QED) is 0.681. The molecule has 3 heteroatoms. The Morgan fingerprint density at radius 1 is 1.24 bits per heavy atom. The van der Waals surface area contributed by atoms with Gasteiger partial charge in [0.2, 0.25) is 0 Å². The van der Waals surface area contributed by atoms with E-state index in [1.165, 1.54) is 0 Å². The molecule has 0 fully saturated rings. The first-order valence-electron chi connectivity index (χ1n) is 5.86. The van der Waals surface area contributed by atoms with Crippen LogP contribution in [0.4, 0.5) is 0 Å². The lowest BCUT2D eigenvalue weighted by molar-refractivity contribution is 0.379. The Morgan fingerprint density at radius 3 is 2.29 bits per heavy atom. The van der Waals surface area contributed by atoms with E-state index in [2.05, 4.69) is 42.8 Å². The van der Waals surface area contributed by atoms with Crippen LogP contribution in [0.1, 0.15) is 37.3 Å². The third kappa shape index (κ3) is 3.38. The van der Waals surface area contributed by atoms with Gasteiger partial charge in [-0.2, -0.15) is 0 Å². The van der Waals surface area contributed by atoms with E-state index in [9.17, 15) is 0 Å². The molecular formula is C14H20BrClO. The van der Waals surface area contributed by atoms with Gasteiger partial charge in [-0.3, -0.25) is 0 Å². The van der Waals surface area contributed by atoms with Crippen molar-refractivity contribution in [1.29, 1.82) is 0 Å². The molecule has 0 aliphatic heterocycles. The normalized spacial score (nSPS) is 14.8. The van der Waals surface area contributed by atoms with Crippen molar-refractivity contribution in [3.05, 3.63) is 27.7 Å². The number of hydrogen-bond acceptors (Lipinski definition) is 1. The molecule has 0 aliphatic rings. The van der Waals surface area contributed by atoms with Gasteiger partial charge in [-0.15, -0.1) is 11.6 Å². The lowest BCUT2D eigenvalue weighted by atomic mass is 9.90. The monoisotopic (exact) mass is 318 g/mol. The molecule has 0 aliphatic carbocycles. The van der Waals surface area contributed by atoms with Crippen LogP contribution in [0.25, 0.3) is 0 Å². The zero-order chi connectivity index (χ0) is 13.2. The van der Waals surface area contributed by atoms with Gasteiger partial charge in [-0.25, -0.2) is 0 Å². The largest absolute Gasteiger partial charge is 0.496 e. The summed E-state index contributed by atoms with van der Waals surface area (Å²) in [5.41, 5.74) is 2.22. The zero-order valence-corrected chi connectivity index (χ0v) is 13.4. The molecular weight excluding hydrogens is 300 g/mol. The van der Waals surface area contributed by atoms with Crippen LogP contribution in [0.15, 0.2) is 16.6 Å². The van der Waals surface area contributed by atoms with Gasteiger partial charge in [0.1, 0.15) is 5.75 Å². The SMILES string of the molecule is COc1cc(C)c(Br)cc1C(Cl)C(C)C(C)C. The molecule has 2 unspecified atom stereocenters. The Labute approximate surface area is 118 Å². The highest BCUT2D eigenvalue weighted by Gasteiger charge is 2.23. The summed E-state index contributed by atoms with van der Waals surface area (Å²) in [6.07, 6.45) is 0. The second-order valence-electron chi connectivity index (χ2n) is 4.85. The smallest absolute Gasteiger partial charge is 0.123 e. The Morgan fingerprint density at radius 2 is 1.82 bits per heavy atom. The summed E-state index contributed by atoms with van der Waals surface area (Å²) in [7, 11) is 1.69. The lowest BCUT2D eigenvalue weighted by Gasteiger charge is -2.24. The van der Waals surface area contributed by atoms with Crippen LogP contribution in [-0.4, -0.2) is 7.11 Å². The van der Waals surface area contributed by atoms with Crippen LogP contribution in [0.5, 0.6) is 5.75 Å². The van der Waals surface area contributed by atoms with Crippen LogP contribution in [0, 0.1) is 18.8 Å². The van der Waals surface area contributed by atoms with Gasteiger partial charge in [0, 0.05) is 10.0 Å². The summed E-state index contributed by atoms with van der Waals surface area (Å²) in [4.78, 5) is 0.